The predicted molar refractivity (Wildman–Crippen MR) is 66.7 cm³/mol. The van der Waals surface area contributed by atoms with Gasteiger partial charge in [-0.05, 0) is 33.1 Å². The summed E-state index contributed by atoms with van der Waals surface area (Å²) < 4.78 is 0. The van der Waals surface area contributed by atoms with E-state index < -0.39 is 6.10 Å². The smallest absolute Gasteiger partial charge is 0.225 e. The van der Waals surface area contributed by atoms with Crippen molar-refractivity contribution in [3.63, 3.8) is 0 Å². The van der Waals surface area contributed by atoms with E-state index in [2.05, 4.69) is 5.32 Å². The lowest BCUT2D eigenvalue weighted by Gasteiger charge is -2.22. The molecule has 0 radical (unpaired) electrons. The Morgan fingerprint density at radius 3 is 2.67 bits per heavy atom. The van der Waals surface area contributed by atoms with Crippen LogP contribution in [0.15, 0.2) is 0 Å². The van der Waals surface area contributed by atoms with Gasteiger partial charge in [-0.15, -0.1) is 0 Å². The van der Waals surface area contributed by atoms with Gasteiger partial charge in [0.1, 0.15) is 0 Å². The molecule has 5 nitrogen and oxygen atoms in total. The standard InChI is InChI=1S/C13H22N2O3/c1-8(2)15-7-9(6-12(15)17)13(18)14-10-4-3-5-11(10)16/h8-11,16H,3-7H2,1-2H3,(H,14,18). The summed E-state index contributed by atoms with van der Waals surface area (Å²) in [5, 5.41) is 12.6. The van der Waals surface area contributed by atoms with Crippen LogP contribution >= 0.6 is 0 Å². The number of rotatable bonds is 3. The molecule has 102 valence electrons. The number of amides is 2. The van der Waals surface area contributed by atoms with Crippen molar-refractivity contribution in [2.45, 2.75) is 57.7 Å². The summed E-state index contributed by atoms with van der Waals surface area (Å²) in [6.07, 6.45) is 2.42. The summed E-state index contributed by atoms with van der Waals surface area (Å²) in [7, 11) is 0. The molecule has 0 aromatic heterocycles. The minimum Gasteiger partial charge on any atom is -0.391 e. The molecule has 2 N–H and O–H groups in total. The van der Waals surface area contributed by atoms with Gasteiger partial charge in [0.05, 0.1) is 18.1 Å². The molecule has 1 saturated carbocycles. The third-order valence-corrected chi connectivity index (χ3v) is 3.96. The fraction of sp³-hybridized carbons (Fsp3) is 0.846. The SMILES string of the molecule is CC(C)N1CC(C(=O)NC2CCCC2O)CC1=O. The molecule has 5 heteroatoms. The molecule has 3 unspecified atom stereocenters. The molecular weight excluding hydrogens is 232 g/mol. The van der Waals surface area contributed by atoms with Crippen molar-refractivity contribution in [1.29, 1.82) is 0 Å². The van der Waals surface area contributed by atoms with E-state index in [1.165, 1.54) is 0 Å². The van der Waals surface area contributed by atoms with Crippen LogP contribution in [-0.4, -0.2) is 46.6 Å². The third kappa shape index (κ3) is 2.66. The van der Waals surface area contributed by atoms with E-state index in [4.69, 9.17) is 0 Å². The van der Waals surface area contributed by atoms with Crippen LogP contribution in [0.3, 0.4) is 0 Å². The Hall–Kier alpha value is -1.10. The van der Waals surface area contributed by atoms with Crippen molar-refractivity contribution < 1.29 is 14.7 Å². The quantitative estimate of drug-likeness (QED) is 0.759. The van der Waals surface area contributed by atoms with Crippen LogP contribution in [0, 0.1) is 5.92 Å². The average molecular weight is 254 g/mol. The van der Waals surface area contributed by atoms with Crippen LogP contribution in [0.25, 0.3) is 0 Å². The first-order valence-corrected chi connectivity index (χ1v) is 6.77. The van der Waals surface area contributed by atoms with Crippen LogP contribution in [0.2, 0.25) is 0 Å². The third-order valence-electron chi connectivity index (χ3n) is 3.96. The summed E-state index contributed by atoms with van der Waals surface area (Å²) in [6, 6.07) is 0.0214. The van der Waals surface area contributed by atoms with Gasteiger partial charge in [-0.1, -0.05) is 0 Å². The highest BCUT2D eigenvalue weighted by Gasteiger charge is 2.37. The fourth-order valence-electron chi connectivity index (χ4n) is 2.82. The maximum Gasteiger partial charge on any atom is 0.225 e. The summed E-state index contributed by atoms with van der Waals surface area (Å²) in [4.78, 5) is 25.5. The maximum atomic E-state index is 12.1. The number of nitrogens with one attached hydrogen (secondary N) is 1. The van der Waals surface area contributed by atoms with Crippen LogP contribution in [-0.2, 0) is 9.59 Å². The largest absolute Gasteiger partial charge is 0.391 e. The molecular formula is C13H22N2O3. The normalized spacial score (nSPS) is 32.3. The summed E-state index contributed by atoms with van der Waals surface area (Å²) in [5.41, 5.74) is 0. The van der Waals surface area contributed by atoms with E-state index in [9.17, 15) is 14.7 Å². The van der Waals surface area contributed by atoms with Crippen LogP contribution in [0.1, 0.15) is 39.5 Å². The lowest BCUT2D eigenvalue weighted by molar-refractivity contribution is -0.130. The van der Waals surface area contributed by atoms with Gasteiger partial charge in [0.2, 0.25) is 11.8 Å². The number of nitrogens with zero attached hydrogens (tertiary/aromatic N) is 1. The van der Waals surface area contributed by atoms with Gasteiger partial charge in [0, 0.05) is 19.0 Å². The van der Waals surface area contributed by atoms with E-state index in [-0.39, 0.29) is 29.8 Å². The summed E-state index contributed by atoms with van der Waals surface area (Å²) >= 11 is 0. The van der Waals surface area contributed by atoms with Gasteiger partial charge >= 0.3 is 0 Å². The summed E-state index contributed by atoms with van der Waals surface area (Å²) in [5.74, 6) is -0.290. The van der Waals surface area contributed by atoms with E-state index in [0.717, 1.165) is 19.3 Å². The molecule has 3 atom stereocenters. The number of carbonyl (C=O) groups is 2. The first-order valence-electron chi connectivity index (χ1n) is 6.77. The molecule has 18 heavy (non-hydrogen) atoms. The van der Waals surface area contributed by atoms with Crippen molar-refractivity contribution in [2.24, 2.45) is 5.92 Å². The number of hydrogen-bond donors (Lipinski definition) is 2. The van der Waals surface area contributed by atoms with Gasteiger partial charge < -0.3 is 15.3 Å². The molecule has 2 aliphatic rings. The van der Waals surface area contributed by atoms with Crippen molar-refractivity contribution in [3.8, 4) is 0 Å². The predicted octanol–water partition coefficient (Wildman–Crippen LogP) is 0.273. The molecule has 1 saturated heterocycles. The number of hydrogen-bond acceptors (Lipinski definition) is 3. The molecule has 1 aliphatic heterocycles. The molecule has 2 rings (SSSR count). The Kier molecular flexibility index (Phi) is 3.90. The fourth-order valence-corrected chi connectivity index (χ4v) is 2.82. The topological polar surface area (TPSA) is 69.6 Å². The van der Waals surface area contributed by atoms with E-state index in [0.29, 0.717) is 13.0 Å². The van der Waals surface area contributed by atoms with Crippen molar-refractivity contribution in [2.75, 3.05) is 6.54 Å². The minimum absolute atomic E-state index is 0.0529. The Morgan fingerprint density at radius 1 is 1.44 bits per heavy atom. The number of aliphatic hydroxyl groups is 1. The zero-order chi connectivity index (χ0) is 13.3. The summed E-state index contributed by atoms with van der Waals surface area (Å²) in [6.45, 7) is 4.42. The number of carbonyl (C=O) groups excluding carboxylic acids is 2. The van der Waals surface area contributed by atoms with Gasteiger partial charge in [-0.25, -0.2) is 0 Å². The Bertz CT molecular complexity index is 343. The Morgan fingerprint density at radius 2 is 2.17 bits per heavy atom. The van der Waals surface area contributed by atoms with E-state index >= 15 is 0 Å². The van der Waals surface area contributed by atoms with Crippen molar-refractivity contribution >= 4 is 11.8 Å². The van der Waals surface area contributed by atoms with E-state index in [1.54, 1.807) is 4.90 Å². The molecule has 0 spiro atoms. The highest BCUT2D eigenvalue weighted by atomic mass is 16.3. The highest BCUT2D eigenvalue weighted by Crippen LogP contribution is 2.23. The Labute approximate surface area is 108 Å². The monoisotopic (exact) mass is 254 g/mol. The van der Waals surface area contributed by atoms with E-state index in [1.807, 2.05) is 13.8 Å². The average Bonchev–Trinajstić information content (AvgIpc) is 2.86. The number of aliphatic hydroxyl groups excluding tert-OH is 1. The lowest BCUT2D eigenvalue weighted by Crippen LogP contribution is -2.43. The second-order valence-corrected chi connectivity index (χ2v) is 5.65. The molecule has 2 amide bonds. The van der Waals surface area contributed by atoms with Gasteiger partial charge in [0.15, 0.2) is 0 Å². The van der Waals surface area contributed by atoms with Crippen molar-refractivity contribution in [1.82, 2.24) is 10.2 Å². The molecule has 0 aromatic rings. The first-order chi connectivity index (χ1) is 8.49. The first kappa shape index (κ1) is 13.3. The number of likely N-dealkylation sites (tertiary alicyclic amines) is 1. The van der Waals surface area contributed by atoms with Crippen molar-refractivity contribution in [3.05, 3.63) is 0 Å². The second-order valence-electron chi connectivity index (χ2n) is 5.65. The van der Waals surface area contributed by atoms with Gasteiger partial charge in [-0.3, -0.25) is 9.59 Å². The zero-order valence-electron chi connectivity index (χ0n) is 11.1. The molecule has 1 aliphatic carbocycles. The van der Waals surface area contributed by atoms with Crippen LogP contribution in [0.5, 0.6) is 0 Å². The van der Waals surface area contributed by atoms with Crippen LogP contribution < -0.4 is 5.32 Å². The van der Waals surface area contributed by atoms with Gasteiger partial charge in [-0.2, -0.15) is 0 Å². The molecule has 0 bridgehead atoms. The minimum atomic E-state index is -0.424. The molecule has 1 heterocycles. The second kappa shape index (κ2) is 5.26. The van der Waals surface area contributed by atoms with Crippen LogP contribution in [0.4, 0.5) is 0 Å². The lowest BCUT2D eigenvalue weighted by atomic mass is 10.1. The highest BCUT2D eigenvalue weighted by molar-refractivity contribution is 5.89. The molecule has 0 aromatic carbocycles. The maximum absolute atomic E-state index is 12.1. The molecule has 2 fully saturated rings. The Balaban J connectivity index is 1.89. The van der Waals surface area contributed by atoms with Gasteiger partial charge in [0.25, 0.3) is 0 Å². The zero-order valence-corrected chi connectivity index (χ0v) is 11.1.